The minimum Gasteiger partial charge on any atom is -0.369 e. The molecule has 0 spiro atoms. The third kappa shape index (κ3) is 2.77. The molecule has 1 N–H and O–H groups in total. The minimum absolute atomic E-state index is 0.797. The van der Waals surface area contributed by atoms with Crippen molar-refractivity contribution in [1.82, 2.24) is 15.0 Å². The molecule has 0 amide bonds. The number of rotatable bonds is 4. The van der Waals surface area contributed by atoms with Crippen molar-refractivity contribution in [2.24, 2.45) is 0 Å². The van der Waals surface area contributed by atoms with Crippen LogP contribution in [0.5, 0.6) is 0 Å². The zero-order chi connectivity index (χ0) is 13.8. The predicted molar refractivity (Wildman–Crippen MR) is 83.7 cm³/mol. The van der Waals surface area contributed by atoms with Gasteiger partial charge in [-0.05, 0) is 34.0 Å². The number of aromatic nitrogens is 3. The van der Waals surface area contributed by atoms with Crippen LogP contribution in [0.25, 0.3) is 10.9 Å². The smallest absolute Gasteiger partial charge is 0.143 e. The zero-order valence-electron chi connectivity index (χ0n) is 10.8. The van der Waals surface area contributed by atoms with E-state index in [0.29, 0.717) is 0 Å². The molecule has 0 aliphatic carbocycles. The van der Waals surface area contributed by atoms with Gasteiger partial charge in [-0.3, -0.25) is 4.98 Å². The largest absolute Gasteiger partial charge is 0.369 e. The van der Waals surface area contributed by atoms with Gasteiger partial charge >= 0.3 is 0 Å². The molecule has 0 fully saturated rings. The van der Waals surface area contributed by atoms with Crippen LogP contribution in [0.3, 0.4) is 0 Å². The Morgan fingerprint density at radius 3 is 2.90 bits per heavy atom. The van der Waals surface area contributed by atoms with Gasteiger partial charge in [-0.1, -0.05) is 24.3 Å². The standard InChI is InChI=1S/C15H13BrN4/c16-13-9-17-10-20-15(13)19-8-6-12-4-1-3-11-5-2-7-18-14(11)12/h1-5,7,9-10H,6,8H2,(H,17,19,20). The van der Waals surface area contributed by atoms with Crippen LogP contribution in [0.15, 0.2) is 53.5 Å². The fourth-order valence-electron chi connectivity index (χ4n) is 2.13. The topological polar surface area (TPSA) is 50.7 Å². The van der Waals surface area contributed by atoms with E-state index in [1.54, 1.807) is 6.20 Å². The quantitative estimate of drug-likeness (QED) is 0.797. The molecular weight excluding hydrogens is 316 g/mol. The van der Waals surface area contributed by atoms with Crippen molar-refractivity contribution < 1.29 is 0 Å². The van der Waals surface area contributed by atoms with Crippen LogP contribution in [0.1, 0.15) is 5.56 Å². The molecule has 0 aliphatic rings. The lowest BCUT2D eigenvalue weighted by Gasteiger charge is -2.08. The van der Waals surface area contributed by atoms with Gasteiger partial charge in [0.1, 0.15) is 12.1 Å². The van der Waals surface area contributed by atoms with Crippen LogP contribution in [0.2, 0.25) is 0 Å². The van der Waals surface area contributed by atoms with Gasteiger partial charge in [0, 0.05) is 24.3 Å². The Balaban J connectivity index is 1.73. The molecular formula is C15H13BrN4. The Morgan fingerprint density at radius 1 is 1.10 bits per heavy atom. The van der Waals surface area contributed by atoms with E-state index >= 15 is 0 Å². The lowest BCUT2D eigenvalue weighted by Crippen LogP contribution is -2.07. The van der Waals surface area contributed by atoms with Crippen molar-refractivity contribution in [2.75, 3.05) is 11.9 Å². The summed E-state index contributed by atoms with van der Waals surface area (Å²) in [5.74, 6) is 0.813. The third-order valence-corrected chi connectivity index (χ3v) is 3.65. The van der Waals surface area contributed by atoms with Crippen LogP contribution in [-0.2, 0) is 6.42 Å². The lowest BCUT2D eigenvalue weighted by atomic mass is 10.1. The Labute approximate surface area is 125 Å². The summed E-state index contributed by atoms with van der Waals surface area (Å²) in [5, 5.41) is 4.47. The van der Waals surface area contributed by atoms with Crippen LogP contribution >= 0.6 is 15.9 Å². The molecule has 0 saturated heterocycles. The predicted octanol–water partition coefficient (Wildman–Crippen LogP) is 3.44. The number of para-hydroxylation sites is 1. The summed E-state index contributed by atoms with van der Waals surface area (Å²) in [7, 11) is 0. The molecule has 0 atom stereocenters. The zero-order valence-corrected chi connectivity index (χ0v) is 12.3. The van der Waals surface area contributed by atoms with E-state index in [4.69, 9.17) is 0 Å². The number of hydrogen-bond acceptors (Lipinski definition) is 4. The molecule has 0 aliphatic heterocycles. The summed E-state index contributed by atoms with van der Waals surface area (Å²) >= 11 is 3.42. The summed E-state index contributed by atoms with van der Waals surface area (Å²) < 4.78 is 0.871. The van der Waals surface area contributed by atoms with Gasteiger partial charge in [0.25, 0.3) is 0 Å². The normalized spacial score (nSPS) is 10.7. The highest BCUT2D eigenvalue weighted by Gasteiger charge is 2.03. The molecule has 100 valence electrons. The second-order valence-electron chi connectivity index (χ2n) is 4.39. The monoisotopic (exact) mass is 328 g/mol. The van der Waals surface area contributed by atoms with Crippen molar-refractivity contribution in [3.05, 3.63) is 59.1 Å². The summed E-state index contributed by atoms with van der Waals surface area (Å²) in [4.78, 5) is 12.6. The van der Waals surface area contributed by atoms with Gasteiger partial charge in [-0.2, -0.15) is 0 Å². The van der Waals surface area contributed by atoms with Crippen molar-refractivity contribution in [2.45, 2.75) is 6.42 Å². The van der Waals surface area contributed by atoms with Gasteiger partial charge < -0.3 is 5.32 Å². The summed E-state index contributed by atoms with van der Waals surface area (Å²) in [6, 6.07) is 10.3. The Morgan fingerprint density at radius 2 is 2.00 bits per heavy atom. The molecule has 0 radical (unpaired) electrons. The third-order valence-electron chi connectivity index (χ3n) is 3.07. The van der Waals surface area contributed by atoms with E-state index in [0.717, 1.165) is 28.8 Å². The van der Waals surface area contributed by atoms with E-state index in [1.807, 2.05) is 12.3 Å². The molecule has 3 rings (SSSR count). The number of nitrogens with zero attached hydrogens (tertiary/aromatic N) is 3. The van der Waals surface area contributed by atoms with Crippen molar-refractivity contribution in [1.29, 1.82) is 0 Å². The summed E-state index contributed by atoms with van der Waals surface area (Å²) in [5.41, 5.74) is 2.30. The maximum atomic E-state index is 4.46. The van der Waals surface area contributed by atoms with E-state index in [2.05, 4.69) is 60.5 Å². The van der Waals surface area contributed by atoms with Gasteiger partial charge in [-0.25, -0.2) is 9.97 Å². The number of anilines is 1. The molecule has 3 aromatic rings. The molecule has 1 aromatic carbocycles. The maximum absolute atomic E-state index is 4.46. The molecule has 20 heavy (non-hydrogen) atoms. The Kier molecular flexibility index (Phi) is 3.87. The van der Waals surface area contributed by atoms with E-state index in [1.165, 1.54) is 17.3 Å². The molecule has 0 saturated carbocycles. The highest BCUT2D eigenvalue weighted by atomic mass is 79.9. The Bertz CT molecular complexity index is 724. The first-order chi connectivity index (χ1) is 9.84. The fourth-order valence-corrected chi connectivity index (χ4v) is 2.49. The van der Waals surface area contributed by atoms with Gasteiger partial charge in [0.05, 0.1) is 9.99 Å². The highest BCUT2D eigenvalue weighted by Crippen LogP contribution is 2.19. The van der Waals surface area contributed by atoms with E-state index in [-0.39, 0.29) is 0 Å². The average Bonchev–Trinajstić information content (AvgIpc) is 2.49. The number of halogens is 1. The molecule has 5 heteroatoms. The van der Waals surface area contributed by atoms with Crippen LogP contribution in [-0.4, -0.2) is 21.5 Å². The van der Waals surface area contributed by atoms with Crippen LogP contribution in [0, 0.1) is 0 Å². The minimum atomic E-state index is 0.797. The average molecular weight is 329 g/mol. The van der Waals surface area contributed by atoms with E-state index < -0.39 is 0 Å². The SMILES string of the molecule is Brc1cncnc1NCCc1cccc2cccnc12. The van der Waals surface area contributed by atoms with Crippen LogP contribution < -0.4 is 5.32 Å². The lowest BCUT2D eigenvalue weighted by molar-refractivity contribution is 0.999. The van der Waals surface area contributed by atoms with Crippen LogP contribution in [0.4, 0.5) is 5.82 Å². The molecule has 0 bridgehead atoms. The van der Waals surface area contributed by atoms with Gasteiger partial charge in [0.2, 0.25) is 0 Å². The first kappa shape index (κ1) is 13.0. The second kappa shape index (κ2) is 5.96. The molecule has 2 aromatic heterocycles. The number of pyridine rings is 1. The summed E-state index contributed by atoms with van der Waals surface area (Å²) in [6.45, 7) is 0.797. The Hall–Kier alpha value is -2.01. The summed E-state index contributed by atoms with van der Waals surface area (Å²) in [6.07, 6.45) is 5.99. The number of hydrogen-bond donors (Lipinski definition) is 1. The fraction of sp³-hybridized carbons (Fsp3) is 0.133. The number of fused-ring (bicyclic) bond motifs is 1. The maximum Gasteiger partial charge on any atom is 0.143 e. The van der Waals surface area contributed by atoms with Crippen molar-refractivity contribution in [3.63, 3.8) is 0 Å². The first-order valence-corrected chi connectivity index (χ1v) is 7.16. The number of nitrogens with one attached hydrogen (secondary N) is 1. The molecule has 0 unspecified atom stereocenters. The van der Waals surface area contributed by atoms with Gasteiger partial charge in [-0.15, -0.1) is 0 Å². The first-order valence-electron chi connectivity index (χ1n) is 6.36. The second-order valence-corrected chi connectivity index (χ2v) is 5.24. The molecule has 4 nitrogen and oxygen atoms in total. The van der Waals surface area contributed by atoms with Gasteiger partial charge in [0.15, 0.2) is 0 Å². The highest BCUT2D eigenvalue weighted by molar-refractivity contribution is 9.10. The van der Waals surface area contributed by atoms with Crippen molar-refractivity contribution in [3.8, 4) is 0 Å². The number of benzene rings is 1. The van der Waals surface area contributed by atoms with Crippen molar-refractivity contribution >= 4 is 32.7 Å². The van der Waals surface area contributed by atoms with E-state index in [9.17, 15) is 0 Å². The molecule has 2 heterocycles.